The van der Waals surface area contributed by atoms with Gasteiger partial charge in [0.1, 0.15) is 5.82 Å². The Morgan fingerprint density at radius 3 is 2.81 bits per heavy atom. The molecule has 0 atom stereocenters. The first-order valence-electron chi connectivity index (χ1n) is 7.24. The van der Waals surface area contributed by atoms with Crippen LogP contribution in [0.25, 0.3) is 0 Å². The maximum absolute atomic E-state index is 13.1. The number of hydrogen-bond donors (Lipinski definition) is 1. The Hall–Kier alpha value is -1.75. The van der Waals surface area contributed by atoms with Gasteiger partial charge in [0, 0.05) is 12.8 Å². The Morgan fingerprint density at radius 2 is 2.10 bits per heavy atom. The van der Waals surface area contributed by atoms with E-state index in [-0.39, 0.29) is 11.2 Å². The Bertz CT molecular complexity index is 580. The van der Waals surface area contributed by atoms with Gasteiger partial charge in [-0.2, -0.15) is 4.98 Å². The summed E-state index contributed by atoms with van der Waals surface area (Å²) in [6.45, 7) is 5.05. The van der Waals surface area contributed by atoms with Crippen molar-refractivity contribution in [2.75, 3.05) is 6.54 Å². The van der Waals surface area contributed by atoms with Crippen LogP contribution in [-0.2, 0) is 12.8 Å². The molecule has 1 aromatic carbocycles. The molecule has 1 aromatic heterocycles. The number of aromatic nitrogens is 2. The molecule has 2 N–H and O–H groups in total. The molecule has 0 aliphatic carbocycles. The van der Waals surface area contributed by atoms with Gasteiger partial charge in [0.2, 0.25) is 5.89 Å². The van der Waals surface area contributed by atoms with Crippen LogP contribution in [0.4, 0.5) is 4.39 Å². The lowest BCUT2D eigenvalue weighted by molar-refractivity contribution is 0.289. The first kappa shape index (κ1) is 15.6. The highest BCUT2D eigenvalue weighted by atomic mass is 19.1. The number of hydrogen-bond acceptors (Lipinski definition) is 4. The molecule has 0 amide bonds. The summed E-state index contributed by atoms with van der Waals surface area (Å²) >= 11 is 0. The molecule has 0 aliphatic rings. The maximum Gasteiger partial charge on any atom is 0.226 e. The summed E-state index contributed by atoms with van der Waals surface area (Å²) < 4.78 is 18.4. The van der Waals surface area contributed by atoms with Gasteiger partial charge >= 0.3 is 0 Å². The van der Waals surface area contributed by atoms with E-state index < -0.39 is 0 Å². The summed E-state index contributed by atoms with van der Waals surface area (Å²) in [4.78, 5) is 4.37. The summed E-state index contributed by atoms with van der Waals surface area (Å²) in [7, 11) is 0. The molecule has 0 fully saturated rings. The van der Waals surface area contributed by atoms with Crippen LogP contribution in [0.1, 0.15) is 44.0 Å². The third kappa shape index (κ3) is 4.93. The molecule has 2 aromatic rings. The van der Waals surface area contributed by atoms with Crippen LogP contribution in [0.15, 0.2) is 28.8 Å². The van der Waals surface area contributed by atoms with Crippen LogP contribution in [0.2, 0.25) is 0 Å². The monoisotopic (exact) mass is 291 g/mol. The molecule has 21 heavy (non-hydrogen) atoms. The van der Waals surface area contributed by atoms with Crippen molar-refractivity contribution in [3.05, 3.63) is 47.4 Å². The molecule has 0 radical (unpaired) electrons. The van der Waals surface area contributed by atoms with Crippen molar-refractivity contribution in [2.24, 2.45) is 11.1 Å². The fourth-order valence-electron chi connectivity index (χ4n) is 2.25. The molecule has 0 saturated heterocycles. The average molecular weight is 291 g/mol. The number of halogens is 1. The van der Waals surface area contributed by atoms with Gasteiger partial charge in [-0.15, -0.1) is 0 Å². The van der Waals surface area contributed by atoms with Gasteiger partial charge in [0.15, 0.2) is 5.82 Å². The van der Waals surface area contributed by atoms with Crippen LogP contribution in [0.5, 0.6) is 0 Å². The van der Waals surface area contributed by atoms with Crippen LogP contribution >= 0.6 is 0 Å². The predicted molar refractivity (Wildman–Crippen MR) is 79.3 cm³/mol. The lowest BCUT2D eigenvalue weighted by Crippen LogP contribution is -2.17. The van der Waals surface area contributed by atoms with Crippen molar-refractivity contribution < 1.29 is 8.91 Å². The number of rotatable bonds is 7. The highest BCUT2D eigenvalue weighted by Gasteiger charge is 2.18. The quantitative estimate of drug-likeness (QED) is 0.851. The molecule has 4 nitrogen and oxygen atoms in total. The number of benzene rings is 1. The van der Waals surface area contributed by atoms with Gasteiger partial charge in [0.05, 0.1) is 0 Å². The number of nitrogens with two attached hydrogens (primary N) is 1. The van der Waals surface area contributed by atoms with Crippen molar-refractivity contribution in [1.82, 2.24) is 10.1 Å². The first-order valence-corrected chi connectivity index (χ1v) is 7.24. The zero-order chi connectivity index (χ0) is 15.3. The van der Waals surface area contributed by atoms with E-state index in [1.54, 1.807) is 6.07 Å². The van der Waals surface area contributed by atoms with Crippen LogP contribution in [-0.4, -0.2) is 16.7 Å². The summed E-state index contributed by atoms with van der Waals surface area (Å²) in [5, 5.41) is 3.95. The molecular weight excluding hydrogens is 269 g/mol. The summed E-state index contributed by atoms with van der Waals surface area (Å²) in [6.07, 6.45) is 3.14. The maximum atomic E-state index is 13.1. The van der Waals surface area contributed by atoms with E-state index in [1.165, 1.54) is 12.1 Å². The molecule has 2 rings (SSSR count). The minimum Gasteiger partial charge on any atom is -0.339 e. The summed E-state index contributed by atoms with van der Waals surface area (Å²) in [5.41, 5.74) is 6.62. The van der Waals surface area contributed by atoms with Crippen molar-refractivity contribution in [3.8, 4) is 0 Å². The van der Waals surface area contributed by atoms with Crippen LogP contribution < -0.4 is 5.73 Å². The highest BCUT2D eigenvalue weighted by Crippen LogP contribution is 2.25. The third-order valence-electron chi connectivity index (χ3n) is 3.60. The smallest absolute Gasteiger partial charge is 0.226 e. The van der Waals surface area contributed by atoms with E-state index in [0.717, 1.165) is 24.8 Å². The largest absolute Gasteiger partial charge is 0.339 e. The van der Waals surface area contributed by atoms with Gasteiger partial charge in [0.25, 0.3) is 0 Å². The summed E-state index contributed by atoms with van der Waals surface area (Å²) in [6, 6.07) is 6.44. The average Bonchev–Trinajstić information content (AvgIpc) is 2.84. The standard InChI is InChI=1S/C16H22FN3O/c1-16(2,8-9-18)7-6-15-19-14(20-21-15)11-12-4-3-5-13(17)10-12/h3-5,10H,6-9,11,18H2,1-2H3. The Morgan fingerprint density at radius 1 is 1.29 bits per heavy atom. The molecule has 0 spiro atoms. The number of nitrogens with zero attached hydrogens (tertiary/aromatic N) is 2. The Kier molecular flexibility index (Phi) is 5.07. The highest BCUT2D eigenvalue weighted by molar-refractivity contribution is 5.19. The molecule has 5 heteroatoms. The third-order valence-corrected chi connectivity index (χ3v) is 3.60. The normalized spacial score (nSPS) is 11.8. The van der Waals surface area contributed by atoms with Crippen LogP contribution in [0, 0.1) is 11.2 Å². The second kappa shape index (κ2) is 6.80. The van der Waals surface area contributed by atoms with Gasteiger partial charge in [-0.1, -0.05) is 31.1 Å². The Balaban J connectivity index is 1.92. The molecule has 0 saturated carbocycles. The zero-order valence-electron chi connectivity index (χ0n) is 12.6. The lowest BCUT2D eigenvalue weighted by Gasteiger charge is -2.22. The lowest BCUT2D eigenvalue weighted by atomic mass is 9.84. The van der Waals surface area contributed by atoms with Gasteiger partial charge in [-0.05, 0) is 42.5 Å². The summed E-state index contributed by atoms with van der Waals surface area (Å²) in [5.74, 6) is 0.971. The molecule has 0 aliphatic heterocycles. The predicted octanol–water partition coefficient (Wildman–Crippen LogP) is 3.11. The molecule has 114 valence electrons. The van der Waals surface area contributed by atoms with Crippen molar-refractivity contribution in [3.63, 3.8) is 0 Å². The van der Waals surface area contributed by atoms with E-state index in [9.17, 15) is 4.39 Å². The van der Waals surface area contributed by atoms with Crippen molar-refractivity contribution in [1.29, 1.82) is 0 Å². The topological polar surface area (TPSA) is 64.9 Å². The Labute approximate surface area is 124 Å². The van der Waals surface area contributed by atoms with E-state index in [0.29, 0.717) is 24.7 Å². The van der Waals surface area contributed by atoms with E-state index >= 15 is 0 Å². The van der Waals surface area contributed by atoms with Crippen molar-refractivity contribution >= 4 is 0 Å². The minimum absolute atomic E-state index is 0.173. The zero-order valence-corrected chi connectivity index (χ0v) is 12.6. The van der Waals surface area contributed by atoms with E-state index in [4.69, 9.17) is 10.3 Å². The van der Waals surface area contributed by atoms with Gasteiger partial charge < -0.3 is 10.3 Å². The van der Waals surface area contributed by atoms with Crippen LogP contribution in [0.3, 0.4) is 0 Å². The fourth-order valence-corrected chi connectivity index (χ4v) is 2.25. The first-order chi connectivity index (χ1) is 9.98. The van der Waals surface area contributed by atoms with Gasteiger partial charge in [-0.3, -0.25) is 0 Å². The van der Waals surface area contributed by atoms with E-state index in [1.807, 2.05) is 6.07 Å². The second-order valence-corrected chi connectivity index (χ2v) is 6.11. The van der Waals surface area contributed by atoms with Crippen molar-refractivity contribution in [2.45, 2.75) is 39.5 Å². The second-order valence-electron chi connectivity index (χ2n) is 6.11. The minimum atomic E-state index is -0.250. The molecule has 0 bridgehead atoms. The van der Waals surface area contributed by atoms with Gasteiger partial charge in [-0.25, -0.2) is 4.39 Å². The molecular formula is C16H22FN3O. The van der Waals surface area contributed by atoms with E-state index in [2.05, 4.69) is 24.0 Å². The number of aryl methyl sites for hydroxylation is 1. The fraction of sp³-hybridized carbons (Fsp3) is 0.500. The SMILES string of the molecule is CC(C)(CCN)CCc1nc(Cc2cccc(F)c2)no1. The molecule has 1 heterocycles. The molecule has 0 unspecified atom stereocenters.